The molecule has 14 aromatic rings. The van der Waals surface area contributed by atoms with Crippen molar-refractivity contribution in [1.82, 2.24) is 0 Å². The van der Waals surface area contributed by atoms with Gasteiger partial charge in [0.25, 0.3) is 0 Å². The molecular weight excluding hydrogens is 1170 g/mol. The summed E-state index contributed by atoms with van der Waals surface area (Å²) >= 11 is 0. The van der Waals surface area contributed by atoms with Crippen molar-refractivity contribution >= 4 is 68.2 Å². The van der Waals surface area contributed by atoms with Gasteiger partial charge in [0.1, 0.15) is 0 Å². The molecule has 14 aromatic carbocycles. The largest absolute Gasteiger partial charge is 0.310 e. The second-order valence-electron chi connectivity index (χ2n) is 26.9. The third-order valence-corrected chi connectivity index (χ3v) is 19.9. The summed E-state index contributed by atoms with van der Waals surface area (Å²) in [5, 5.41) is 0. The Bertz CT molecular complexity index is 4520. The molecule has 4 heteroatoms. The van der Waals surface area contributed by atoms with Gasteiger partial charge in [-0.25, -0.2) is 0 Å². The summed E-state index contributed by atoms with van der Waals surface area (Å²) in [6.07, 6.45) is 0. The van der Waals surface area contributed by atoms with E-state index in [1.165, 1.54) is 89.0 Å². The first-order chi connectivity index (χ1) is 47.3. The van der Waals surface area contributed by atoms with Crippen LogP contribution in [0.3, 0.4) is 0 Å². The molecule has 0 fully saturated rings. The van der Waals surface area contributed by atoms with Crippen LogP contribution in [0.25, 0.3) is 44.5 Å². The topological polar surface area (TPSA) is 13.0 Å². The number of benzene rings is 14. The van der Waals surface area contributed by atoms with Gasteiger partial charge in [0.05, 0.1) is 5.41 Å². The summed E-state index contributed by atoms with van der Waals surface area (Å²) in [5.41, 5.74) is 36.5. The Morgan fingerprint density at radius 1 is 0.165 bits per heavy atom. The van der Waals surface area contributed by atoms with E-state index in [4.69, 9.17) is 0 Å². The second-order valence-corrected chi connectivity index (χ2v) is 26.9. The SMILES string of the molecule is Cc1ccc(N(c2ccc(C)cc2)c2cc(-c3ccc4c(c3)C3(c5ccccc5-c5ccccc53)c3cc(-c5cc(N(c6ccc(C)cc6)c6ccc(C)cc6)cc(N(c6ccc(C)cc6)c6ccc(C)cc6)c5)ccc3-4)cc(N(c3ccc(C)cc3)c3ccc(C)cc3)c2)cc1. The molecule has 0 heterocycles. The molecule has 4 nitrogen and oxygen atoms in total. The number of rotatable bonds is 14. The quantitative estimate of drug-likeness (QED) is 0.108. The molecular formula is C93H76N4. The predicted octanol–water partition coefficient (Wildman–Crippen LogP) is 25.7. The minimum atomic E-state index is -0.678. The van der Waals surface area contributed by atoms with Gasteiger partial charge >= 0.3 is 0 Å². The molecule has 0 saturated carbocycles. The zero-order valence-corrected chi connectivity index (χ0v) is 56.3. The van der Waals surface area contributed by atoms with Crippen molar-refractivity contribution in [1.29, 1.82) is 0 Å². The van der Waals surface area contributed by atoms with Crippen LogP contribution < -0.4 is 19.6 Å². The van der Waals surface area contributed by atoms with Gasteiger partial charge in [-0.15, -0.1) is 0 Å². The molecule has 0 unspecified atom stereocenters. The van der Waals surface area contributed by atoms with Gasteiger partial charge in [0.15, 0.2) is 0 Å². The first kappa shape index (κ1) is 60.2. The first-order valence-corrected chi connectivity index (χ1v) is 33.8. The Morgan fingerprint density at radius 3 is 0.598 bits per heavy atom. The maximum atomic E-state index is 2.54. The number of aryl methyl sites for hydroxylation is 8. The van der Waals surface area contributed by atoms with E-state index in [1.54, 1.807) is 0 Å². The Labute approximate surface area is 571 Å². The summed E-state index contributed by atoms with van der Waals surface area (Å²) in [5.74, 6) is 0. The third kappa shape index (κ3) is 10.9. The molecule has 16 rings (SSSR count). The van der Waals surface area contributed by atoms with E-state index >= 15 is 0 Å². The Hall–Kier alpha value is -11.7. The van der Waals surface area contributed by atoms with Crippen molar-refractivity contribution in [2.45, 2.75) is 60.8 Å². The molecule has 0 bridgehead atoms. The van der Waals surface area contributed by atoms with E-state index < -0.39 is 5.41 Å². The highest BCUT2D eigenvalue weighted by molar-refractivity contribution is 5.99. The van der Waals surface area contributed by atoms with E-state index in [2.05, 4.69) is 390 Å². The molecule has 97 heavy (non-hydrogen) atoms. The van der Waals surface area contributed by atoms with Crippen LogP contribution in [0.1, 0.15) is 66.8 Å². The normalized spacial score (nSPS) is 12.2. The van der Waals surface area contributed by atoms with Gasteiger partial charge in [0, 0.05) is 68.2 Å². The maximum Gasteiger partial charge on any atom is 0.0725 e. The molecule has 2 aliphatic carbocycles. The molecule has 0 aliphatic heterocycles. The molecule has 1 spiro atoms. The van der Waals surface area contributed by atoms with E-state index in [0.717, 1.165) is 90.5 Å². The van der Waals surface area contributed by atoms with Gasteiger partial charge in [-0.3, -0.25) is 0 Å². The lowest BCUT2D eigenvalue weighted by Gasteiger charge is -2.32. The smallest absolute Gasteiger partial charge is 0.0725 e. The Balaban J connectivity index is 0.937. The van der Waals surface area contributed by atoms with Crippen molar-refractivity contribution in [3.8, 4) is 44.5 Å². The van der Waals surface area contributed by atoms with Gasteiger partial charge in [-0.05, 0) is 268 Å². The molecule has 2 aliphatic rings. The average Bonchev–Trinajstić information content (AvgIpc) is 1.51. The van der Waals surface area contributed by atoms with Crippen LogP contribution in [0.15, 0.2) is 315 Å². The number of fused-ring (bicyclic) bond motifs is 10. The van der Waals surface area contributed by atoms with Crippen LogP contribution >= 0.6 is 0 Å². The van der Waals surface area contributed by atoms with Crippen LogP contribution in [0.4, 0.5) is 68.2 Å². The highest BCUT2D eigenvalue weighted by Crippen LogP contribution is 2.64. The second kappa shape index (κ2) is 24.6. The lowest BCUT2D eigenvalue weighted by atomic mass is 9.70. The van der Waals surface area contributed by atoms with Crippen LogP contribution in [0.5, 0.6) is 0 Å². The van der Waals surface area contributed by atoms with Crippen LogP contribution in [-0.4, -0.2) is 0 Å². The molecule has 0 amide bonds. The van der Waals surface area contributed by atoms with E-state index in [0.29, 0.717) is 0 Å². The van der Waals surface area contributed by atoms with Gasteiger partial charge in [-0.1, -0.05) is 214 Å². The Kier molecular flexibility index (Phi) is 15.3. The Morgan fingerprint density at radius 2 is 0.371 bits per heavy atom. The molecule has 0 N–H and O–H groups in total. The van der Waals surface area contributed by atoms with Crippen LogP contribution in [0, 0.1) is 55.4 Å². The minimum absolute atomic E-state index is 0.678. The standard InChI is InChI=1S/C93H76N4/c1-61-17-35-73(36-18-61)94(74-37-19-62(2)20-38-74)81-53-71(54-82(59-81)95(75-39-21-63(3)22-40-75)76-41-23-64(4)24-42-76)69-33-51-87-88-52-34-70(58-92(88)93(91(87)57-69)89-15-11-9-13-85(89)86-14-10-12-16-90(86)93)72-55-83(96(77-43-25-65(5)26-44-77)78-45-27-66(6)28-46-78)60-84(56-72)97(79-47-29-67(7)30-48-79)80-49-31-68(8)32-50-80/h9-60H,1-8H3. The van der Waals surface area contributed by atoms with Crippen molar-refractivity contribution in [3.05, 3.63) is 382 Å². The molecule has 0 radical (unpaired) electrons. The van der Waals surface area contributed by atoms with Crippen molar-refractivity contribution in [3.63, 3.8) is 0 Å². The zero-order valence-electron chi connectivity index (χ0n) is 56.3. The average molecular weight is 1250 g/mol. The van der Waals surface area contributed by atoms with Gasteiger partial charge in [-0.2, -0.15) is 0 Å². The van der Waals surface area contributed by atoms with Crippen molar-refractivity contribution in [2.75, 3.05) is 19.6 Å². The fraction of sp³-hybridized carbons (Fsp3) is 0.0968. The first-order valence-electron chi connectivity index (χ1n) is 33.8. The summed E-state index contributed by atoms with van der Waals surface area (Å²) in [7, 11) is 0. The number of anilines is 12. The van der Waals surface area contributed by atoms with E-state index in [1.807, 2.05) is 0 Å². The van der Waals surface area contributed by atoms with Crippen molar-refractivity contribution < 1.29 is 0 Å². The molecule has 0 atom stereocenters. The summed E-state index contributed by atoms with van der Waals surface area (Å²) in [6.45, 7) is 17.3. The predicted molar refractivity (Wildman–Crippen MR) is 410 cm³/mol. The lowest BCUT2D eigenvalue weighted by molar-refractivity contribution is 0.794. The minimum Gasteiger partial charge on any atom is -0.310 e. The monoisotopic (exact) mass is 1250 g/mol. The zero-order chi connectivity index (χ0) is 66.1. The van der Waals surface area contributed by atoms with Gasteiger partial charge in [0.2, 0.25) is 0 Å². The lowest BCUT2D eigenvalue weighted by Crippen LogP contribution is -2.26. The third-order valence-electron chi connectivity index (χ3n) is 19.9. The van der Waals surface area contributed by atoms with Crippen LogP contribution in [-0.2, 0) is 5.41 Å². The molecule has 0 saturated heterocycles. The number of nitrogens with zero attached hydrogens (tertiary/aromatic N) is 4. The summed E-state index contributed by atoms with van der Waals surface area (Å²) < 4.78 is 0. The molecule has 0 aromatic heterocycles. The van der Waals surface area contributed by atoms with Gasteiger partial charge < -0.3 is 19.6 Å². The van der Waals surface area contributed by atoms with E-state index in [-0.39, 0.29) is 0 Å². The number of hydrogen-bond acceptors (Lipinski definition) is 4. The summed E-state index contributed by atoms with van der Waals surface area (Å²) in [4.78, 5) is 9.69. The maximum absolute atomic E-state index is 2.54. The highest BCUT2D eigenvalue weighted by Gasteiger charge is 2.52. The van der Waals surface area contributed by atoms with Crippen LogP contribution in [0.2, 0.25) is 0 Å². The summed E-state index contributed by atoms with van der Waals surface area (Å²) in [6, 6.07) is 119. The van der Waals surface area contributed by atoms with E-state index in [9.17, 15) is 0 Å². The highest BCUT2D eigenvalue weighted by atomic mass is 15.2. The fourth-order valence-corrected chi connectivity index (χ4v) is 14.9. The molecule has 468 valence electrons. The fourth-order valence-electron chi connectivity index (χ4n) is 14.9. The van der Waals surface area contributed by atoms with Crippen molar-refractivity contribution in [2.24, 2.45) is 0 Å². The number of hydrogen-bond donors (Lipinski definition) is 0.